The number of nitrogens with one attached hydrogen (secondary N) is 1. The van der Waals surface area contributed by atoms with E-state index in [1.54, 1.807) is 19.1 Å². The number of carbonyl (C=O) groups excluding carboxylic acids is 1. The number of esters is 1. The monoisotopic (exact) mass is 328 g/mol. The second-order valence-electron chi connectivity index (χ2n) is 3.49. The smallest absolute Gasteiger partial charge is 0.330 e. The number of imidazole rings is 1. The number of H-pyrrole nitrogens is 1. The van der Waals surface area contributed by atoms with Crippen molar-refractivity contribution in [2.24, 2.45) is 0 Å². The minimum absolute atomic E-state index is 0.353. The molecule has 0 aliphatic carbocycles. The van der Waals surface area contributed by atoms with Crippen molar-refractivity contribution in [3.05, 3.63) is 33.5 Å². The van der Waals surface area contributed by atoms with Crippen molar-refractivity contribution in [1.82, 2.24) is 9.97 Å². The molecule has 1 heterocycles. The summed E-state index contributed by atoms with van der Waals surface area (Å²) in [6.45, 7) is 2.11. The van der Waals surface area contributed by atoms with Gasteiger partial charge in [0.05, 0.1) is 22.7 Å². The Morgan fingerprint density at radius 2 is 2.39 bits per heavy atom. The highest BCUT2D eigenvalue weighted by Crippen LogP contribution is 2.27. The second-order valence-corrected chi connectivity index (χ2v) is 4.75. The van der Waals surface area contributed by atoms with Gasteiger partial charge in [-0.05, 0) is 41.1 Å². The first-order valence-corrected chi connectivity index (χ1v) is 6.47. The molecule has 0 atom stereocenters. The standard InChI is InChI=1S/C12H10BrClN2O2/c1-2-18-12(17)4-3-11-15-9-5-7(13)8(14)6-10(9)16-11/h3-6H,2H2,1H3,(H,15,16). The van der Waals surface area contributed by atoms with Gasteiger partial charge in [0, 0.05) is 10.5 Å². The number of ether oxygens (including phenoxy) is 1. The molecule has 0 saturated heterocycles. The summed E-state index contributed by atoms with van der Waals surface area (Å²) in [4.78, 5) is 18.5. The molecular formula is C12H10BrClN2O2. The number of benzene rings is 1. The average molecular weight is 330 g/mol. The summed E-state index contributed by atoms with van der Waals surface area (Å²) in [5.74, 6) is 0.185. The van der Waals surface area contributed by atoms with Gasteiger partial charge in [0.25, 0.3) is 0 Å². The molecule has 0 fully saturated rings. The van der Waals surface area contributed by atoms with Crippen molar-refractivity contribution in [3.63, 3.8) is 0 Å². The topological polar surface area (TPSA) is 55.0 Å². The van der Waals surface area contributed by atoms with Crippen LogP contribution in [-0.2, 0) is 9.53 Å². The fourth-order valence-corrected chi connectivity index (χ4v) is 1.94. The molecule has 0 bridgehead atoms. The lowest BCUT2D eigenvalue weighted by atomic mass is 10.3. The largest absolute Gasteiger partial charge is 0.463 e. The molecule has 1 N–H and O–H groups in total. The maximum atomic E-state index is 11.2. The van der Waals surface area contributed by atoms with Crippen molar-refractivity contribution in [3.8, 4) is 0 Å². The van der Waals surface area contributed by atoms with Crippen LogP contribution in [0, 0.1) is 0 Å². The summed E-state index contributed by atoms with van der Waals surface area (Å²) in [6.07, 6.45) is 2.90. The van der Waals surface area contributed by atoms with Crippen molar-refractivity contribution in [2.75, 3.05) is 6.61 Å². The highest BCUT2D eigenvalue weighted by Gasteiger charge is 2.05. The lowest BCUT2D eigenvalue weighted by Gasteiger charge is -1.93. The maximum Gasteiger partial charge on any atom is 0.330 e. The predicted molar refractivity (Wildman–Crippen MR) is 74.5 cm³/mol. The quantitative estimate of drug-likeness (QED) is 0.692. The fourth-order valence-electron chi connectivity index (χ4n) is 1.44. The third-order valence-corrected chi connectivity index (χ3v) is 3.40. The van der Waals surface area contributed by atoms with E-state index in [2.05, 4.69) is 25.9 Å². The van der Waals surface area contributed by atoms with Gasteiger partial charge in [0.1, 0.15) is 5.82 Å². The Hall–Kier alpha value is -1.33. The maximum absolute atomic E-state index is 11.2. The Labute approximate surface area is 117 Å². The Morgan fingerprint density at radius 3 is 3.11 bits per heavy atom. The van der Waals surface area contributed by atoms with Crippen LogP contribution in [0.15, 0.2) is 22.7 Å². The predicted octanol–water partition coefficient (Wildman–Crippen LogP) is 3.56. The summed E-state index contributed by atoms with van der Waals surface area (Å²) in [7, 11) is 0. The number of aromatic amines is 1. The minimum Gasteiger partial charge on any atom is -0.463 e. The Kier molecular flexibility index (Phi) is 4.04. The fraction of sp³-hybridized carbons (Fsp3) is 0.167. The van der Waals surface area contributed by atoms with Gasteiger partial charge in [-0.1, -0.05) is 11.6 Å². The van der Waals surface area contributed by atoms with Crippen LogP contribution in [0.5, 0.6) is 0 Å². The van der Waals surface area contributed by atoms with Gasteiger partial charge in [0.2, 0.25) is 0 Å². The van der Waals surface area contributed by atoms with E-state index in [9.17, 15) is 4.79 Å². The zero-order valence-electron chi connectivity index (χ0n) is 9.54. The lowest BCUT2D eigenvalue weighted by molar-refractivity contribution is -0.137. The molecule has 0 saturated carbocycles. The van der Waals surface area contributed by atoms with Gasteiger partial charge in [-0.2, -0.15) is 0 Å². The van der Waals surface area contributed by atoms with Crippen molar-refractivity contribution < 1.29 is 9.53 Å². The number of halogens is 2. The summed E-state index contributed by atoms with van der Waals surface area (Å²) < 4.78 is 5.56. The molecule has 0 radical (unpaired) electrons. The molecule has 1 aromatic heterocycles. The first-order chi connectivity index (χ1) is 8.60. The first-order valence-electron chi connectivity index (χ1n) is 5.29. The third-order valence-electron chi connectivity index (χ3n) is 2.21. The SMILES string of the molecule is CCOC(=O)C=Cc1nc2cc(Br)c(Cl)cc2[nH]1. The number of carbonyl (C=O) groups is 1. The summed E-state index contributed by atoms with van der Waals surface area (Å²) in [5, 5.41) is 0.604. The second kappa shape index (κ2) is 5.54. The van der Waals surface area contributed by atoms with Crippen LogP contribution in [0.1, 0.15) is 12.7 Å². The van der Waals surface area contributed by atoms with E-state index in [4.69, 9.17) is 16.3 Å². The van der Waals surface area contributed by atoms with Crippen LogP contribution in [0.2, 0.25) is 5.02 Å². The molecule has 2 rings (SSSR count). The Morgan fingerprint density at radius 1 is 1.61 bits per heavy atom. The lowest BCUT2D eigenvalue weighted by Crippen LogP contribution is -1.98. The molecule has 0 unspecified atom stereocenters. The van der Waals surface area contributed by atoms with Crippen LogP contribution in [0.3, 0.4) is 0 Å². The van der Waals surface area contributed by atoms with E-state index in [-0.39, 0.29) is 0 Å². The number of rotatable bonds is 3. The number of nitrogens with zero attached hydrogens (tertiary/aromatic N) is 1. The summed E-state index contributed by atoms with van der Waals surface area (Å²) in [6, 6.07) is 3.59. The van der Waals surface area contributed by atoms with Gasteiger partial charge in [-0.25, -0.2) is 9.78 Å². The highest BCUT2D eigenvalue weighted by molar-refractivity contribution is 9.10. The van der Waals surface area contributed by atoms with Crippen LogP contribution >= 0.6 is 27.5 Å². The van der Waals surface area contributed by atoms with Crippen molar-refractivity contribution in [2.45, 2.75) is 6.92 Å². The van der Waals surface area contributed by atoms with E-state index >= 15 is 0 Å². The summed E-state index contributed by atoms with van der Waals surface area (Å²) in [5.41, 5.74) is 1.58. The normalized spacial score (nSPS) is 11.3. The first kappa shape index (κ1) is 13.1. The van der Waals surface area contributed by atoms with Gasteiger partial charge in [-0.3, -0.25) is 0 Å². The molecule has 18 heavy (non-hydrogen) atoms. The van der Waals surface area contributed by atoms with Crippen LogP contribution in [-0.4, -0.2) is 22.5 Å². The molecule has 0 aliphatic heterocycles. The summed E-state index contributed by atoms with van der Waals surface area (Å²) >= 11 is 9.31. The zero-order valence-corrected chi connectivity index (χ0v) is 11.9. The van der Waals surface area contributed by atoms with Gasteiger partial charge < -0.3 is 9.72 Å². The number of fused-ring (bicyclic) bond motifs is 1. The molecule has 0 amide bonds. The highest BCUT2D eigenvalue weighted by atomic mass is 79.9. The molecule has 1 aromatic carbocycles. The van der Waals surface area contributed by atoms with E-state index in [1.165, 1.54) is 6.08 Å². The Bertz CT molecular complexity index is 583. The average Bonchev–Trinajstić information content (AvgIpc) is 2.69. The van der Waals surface area contributed by atoms with Crippen LogP contribution in [0.4, 0.5) is 0 Å². The van der Waals surface area contributed by atoms with Crippen LogP contribution < -0.4 is 0 Å². The molecule has 4 nitrogen and oxygen atoms in total. The molecule has 2 aromatic rings. The van der Waals surface area contributed by atoms with E-state index in [0.717, 1.165) is 15.5 Å². The minimum atomic E-state index is -0.392. The Balaban J connectivity index is 2.28. The van der Waals surface area contributed by atoms with E-state index < -0.39 is 5.97 Å². The van der Waals surface area contributed by atoms with E-state index in [0.29, 0.717) is 17.5 Å². The molecular weight excluding hydrogens is 320 g/mol. The zero-order chi connectivity index (χ0) is 13.1. The number of aromatic nitrogens is 2. The molecule has 6 heteroatoms. The van der Waals surface area contributed by atoms with E-state index in [1.807, 2.05) is 6.07 Å². The molecule has 0 aliphatic rings. The third kappa shape index (κ3) is 2.91. The molecule has 0 spiro atoms. The molecule has 94 valence electrons. The van der Waals surface area contributed by atoms with Crippen molar-refractivity contribution in [1.29, 1.82) is 0 Å². The van der Waals surface area contributed by atoms with Crippen molar-refractivity contribution >= 4 is 50.6 Å². The number of hydrogen-bond donors (Lipinski definition) is 1. The van der Waals surface area contributed by atoms with Gasteiger partial charge in [-0.15, -0.1) is 0 Å². The van der Waals surface area contributed by atoms with Crippen LogP contribution in [0.25, 0.3) is 17.1 Å². The van der Waals surface area contributed by atoms with Gasteiger partial charge in [0.15, 0.2) is 0 Å². The number of hydrogen-bond acceptors (Lipinski definition) is 3. The van der Waals surface area contributed by atoms with Gasteiger partial charge >= 0.3 is 5.97 Å².